The van der Waals surface area contributed by atoms with Gasteiger partial charge in [0.1, 0.15) is 5.69 Å². The van der Waals surface area contributed by atoms with Gasteiger partial charge in [-0.2, -0.15) is 0 Å². The van der Waals surface area contributed by atoms with Gasteiger partial charge in [-0.25, -0.2) is 0 Å². The van der Waals surface area contributed by atoms with Gasteiger partial charge in [-0.05, 0) is 43.4 Å². The number of nitro benzene ring substituents is 1. The van der Waals surface area contributed by atoms with E-state index in [1.54, 1.807) is 19.1 Å². The molecule has 1 aliphatic carbocycles. The summed E-state index contributed by atoms with van der Waals surface area (Å²) in [6.07, 6.45) is 2.94. The predicted molar refractivity (Wildman–Crippen MR) is 83.7 cm³/mol. The molecule has 4 heteroatoms. The van der Waals surface area contributed by atoms with Crippen LogP contribution in [0.3, 0.4) is 0 Å². The molecule has 3 rings (SSSR count). The Bertz CT molecular complexity index is 682. The molecule has 4 nitrogen and oxygen atoms in total. The molecule has 1 aliphatic rings. The number of benzene rings is 2. The number of nitrogens with zero attached hydrogens (tertiary/aromatic N) is 1. The number of nitro groups is 1. The first kappa shape index (κ1) is 13.6. The SMILES string of the molecule is Cc1cccc(NC2CCc3ccccc3C2)c1[N+](=O)[O-]. The molecule has 0 radical (unpaired) electrons. The van der Waals surface area contributed by atoms with Gasteiger partial charge in [0.15, 0.2) is 0 Å². The number of hydrogen-bond acceptors (Lipinski definition) is 3. The molecule has 0 fully saturated rings. The summed E-state index contributed by atoms with van der Waals surface area (Å²) in [4.78, 5) is 11.0. The van der Waals surface area contributed by atoms with Crippen molar-refractivity contribution in [1.82, 2.24) is 0 Å². The first-order valence-electron chi connectivity index (χ1n) is 7.22. The molecular weight excluding hydrogens is 264 g/mol. The summed E-state index contributed by atoms with van der Waals surface area (Å²) in [5, 5.41) is 14.6. The Hall–Kier alpha value is -2.36. The van der Waals surface area contributed by atoms with E-state index in [2.05, 4.69) is 29.6 Å². The molecule has 0 heterocycles. The molecule has 2 aromatic rings. The smallest absolute Gasteiger partial charge is 0.295 e. The van der Waals surface area contributed by atoms with E-state index in [9.17, 15) is 10.1 Å². The van der Waals surface area contributed by atoms with E-state index >= 15 is 0 Å². The number of aryl methyl sites for hydroxylation is 2. The van der Waals surface area contributed by atoms with Crippen LogP contribution in [0.4, 0.5) is 11.4 Å². The number of anilines is 1. The highest BCUT2D eigenvalue weighted by molar-refractivity contribution is 5.65. The third-order valence-electron chi connectivity index (χ3n) is 4.13. The van der Waals surface area contributed by atoms with Crippen LogP contribution < -0.4 is 5.32 Å². The van der Waals surface area contributed by atoms with Crippen LogP contribution in [0.5, 0.6) is 0 Å². The Morgan fingerprint density at radius 1 is 1.14 bits per heavy atom. The maximum Gasteiger partial charge on any atom is 0.295 e. The number of nitrogens with one attached hydrogen (secondary N) is 1. The highest BCUT2D eigenvalue weighted by Crippen LogP contribution is 2.31. The third-order valence-corrected chi connectivity index (χ3v) is 4.13. The molecule has 2 aromatic carbocycles. The fraction of sp³-hybridized carbons (Fsp3) is 0.294. The zero-order chi connectivity index (χ0) is 14.8. The Morgan fingerprint density at radius 2 is 1.90 bits per heavy atom. The molecule has 1 N–H and O–H groups in total. The van der Waals surface area contributed by atoms with E-state index < -0.39 is 0 Å². The summed E-state index contributed by atoms with van der Waals surface area (Å²) in [5.41, 5.74) is 4.26. The first-order valence-corrected chi connectivity index (χ1v) is 7.22. The lowest BCUT2D eigenvalue weighted by Crippen LogP contribution is -2.27. The minimum atomic E-state index is -0.297. The number of rotatable bonds is 3. The van der Waals surface area contributed by atoms with Crippen molar-refractivity contribution in [2.75, 3.05) is 5.32 Å². The van der Waals surface area contributed by atoms with Crippen LogP contribution in [-0.4, -0.2) is 11.0 Å². The van der Waals surface area contributed by atoms with Crippen LogP contribution in [0.15, 0.2) is 42.5 Å². The van der Waals surface area contributed by atoms with Crippen LogP contribution in [0.25, 0.3) is 0 Å². The zero-order valence-electron chi connectivity index (χ0n) is 12.0. The van der Waals surface area contributed by atoms with Crippen molar-refractivity contribution in [3.8, 4) is 0 Å². The maximum absolute atomic E-state index is 11.2. The van der Waals surface area contributed by atoms with Gasteiger partial charge in [-0.1, -0.05) is 36.4 Å². The van der Waals surface area contributed by atoms with E-state index in [-0.39, 0.29) is 16.7 Å². The fourth-order valence-corrected chi connectivity index (χ4v) is 3.06. The van der Waals surface area contributed by atoms with Crippen molar-refractivity contribution in [1.29, 1.82) is 0 Å². The summed E-state index contributed by atoms with van der Waals surface area (Å²) < 4.78 is 0. The van der Waals surface area contributed by atoms with Gasteiger partial charge in [0.2, 0.25) is 0 Å². The Balaban J connectivity index is 1.83. The average Bonchev–Trinajstić information content (AvgIpc) is 2.47. The molecule has 0 saturated heterocycles. The summed E-state index contributed by atoms with van der Waals surface area (Å²) in [7, 11) is 0. The van der Waals surface area contributed by atoms with Crippen LogP contribution in [0.1, 0.15) is 23.1 Å². The minimum Gasteiger partial charge on any atom is -0.376 e. The molecular formula is C17H18N2O2. The van der Waals surface area contributed by atoms with Crippen molar-refractivity contribution < 1.29 is 4.92 Å². The van der Waals surface area contributed by atoms with Gasteiger partial charge in [0.05, 0.1) is 4.92 Å². The maximum atomic E-state index is 11.2. The predicted octanol–water partition coefficient (Wildman–Crippen LogP) is 3.87. The summed E-state index contributed by atoms with van der Waals surface area (Å²) in [6, 6.07) is 14.1. The second-order valence-corrected chi connectivity index (χ2v) is 5.58. The van der Waals surface area contributed by atoms with Gasteiger partial charge in [-0.15, -0.1) is 0 Å². The van der Waals surface area contributed by atoms with Gasteiger partial charge in [0, 0.05) is 11.6 Å². The third kappa shape index (κ3) is 2.75. The minimum absolute atomic E-state index is 0.191. The Labute approximate surface area is 124 Å². The van der Waals surface area contributed by atoms with Crippen LogP contribution in [-0.2, 0) is 12.8 Å². The van der Waals surface area contributed by atoms with E-state index in [0.29, 0.717) is 11.3 Å². The van der Waals surface area contributed by atoms with Crippen molar-refractivity contribution in [2.24, 2.45) is 0 Å². The topological polar surface area (TPSA) is 55.2 Å². The molecule has 0 bridgehead atoms. The van der Waals surface area contributed by atoms with Gasteiger partial charge in [-0.3, -0.25) is 10.1 Å². The Morgan fingerprint density at radius 3 is 2.67 bits per heavy atom. The number of fused-ring (bicyclic) bond motifs is 1. The van der Waals surface area contributed by atoms with E-state index in [4.69, 9.17) is 0 Å². The quantitative estimate of drug-likeness (QED) is 0.686. The first-order chi connectivity index (χ1) is 10.1. The molecule has 0 spiro atoms. The average molecular weight is 282 g/mol. The molecule has 0 aliphatic heterocycles. The molecule has 1 unspecified atom stereocenters. The second-order valence-electron chi connectivity index (χ2n) is 5.58. The molecule has 21 heavy (non-hydrogen) atoms. The van der Waals surface area contributed by atoms with E-state index in [0.717, 1.165) is 19.3 Å². The fourth-order valence-electron chi connectivity index (χ4n) is 3.06. The molecule has 1 atom stereocenters. The molecule has 108 valence electrons. The standard InChI is InChI=1S/C17H18N2O2/c1-12-5-4-8-16(17(12)19(20)21)18-15-10-9-13-6-2-3-7-14(13)11-15/h2-8,15,18H,9-11H2,1H3. The van der Waals surface area contributed by atoms with Crippen molar-refractivity contribution in [3.05, 3.63) is 69.3 Å². The lowest BCUT2D eigenvalue weighted by molar-refractivity contribution is -0.384. The highest BCUT2D eigenvalue weighted by Gasteiger charge is 2.22. The molecule has 0 aromatic heterocycles. The van der Waals surface area contributed by atoms with Crippen molar-refractivity contribution in [2.45, 2.75) is 32.2 Å². The lowest BCUT2D eigenvalue weighted by Gasteiger charge is -2.26. The molecule has 0 saturated carbocycles. The van der Waals surface area contributed by atoms with E-state index in [1.165, 1.54) is 11.1 Å². The number of hydrogen-bond donors (Lipinski definition) is 1. The van der Waals surface area contributed by atoms with Crippen LogP contribution >= 0.6 is 0 Å². The number of para-hydroxylation sites is 1. The van der Waals surface area contributed by atoms with Crippen LogP contribution in [0, 0.1) is 17.0 Å². The Kier molecular flexibility index (Phi) is 3.60. The summed E-state index contributed by atoms with van der Waals surface area (Å²) in [6.45, 7) is 1.78. The summed E-state index contributed by atoms with van der Waals surface area (Å²) in [5.74, 6) is 0. The second kappa shape index (κ2) is 5.56. The van der Waals surface area contributed by atoms with Gasteiger partial charge < -0.3 is 5.32 Å². The monoisotopic (exact) mass is 282 g/mol. The summed E-state index contributed by atoms with van der Waals surface area (Å²) >= 11 is 0. The highest BCUT2D eigenvalue weighted by atomic mass is 16.6. The van der Waals surface area contributed by atoms with Gasteiger partial charge in [0.25, 0.3) is 5.69 Å². The van der Waals surface area contributed by atoms with Crippen LogP contribution in [0.2, 0.25) is 0 Å². The molecule has 0 amide bonds. The largest absolute Gasteiger partial charge is 0.376 e. The van der Waals surface area contributed by atoms with Gasteiger partial charge >= 0.3 is 0 Å². The zero-order valence-corrected chi connectivity index (χ0v) is 12.0. The van der Waals surface area contributed by atoms with Crippen molar-refractivity contribution in [3.63, 3.8) is 0 Å². The normalized spacial score (nSPS) is 17.1. The van der Waals surface area contributed by atoms with E-state index in [1.807, 2.05) is 6.07 Å². The lowest BCUT2D eigenvalue weighted by atomic mass is 9.88. The van der Waals surface area contributed by atoms with Crippen molar-refractivity contribution >= 4 is 11.4 Å².